The number of β-lactam (4-membered cyclic amide) rings is 1. The number of rotatable bonds is 8. The average molecular weight is 442 g/mol. The normalized spacial score (nSPS) is 21.7. The van der Waals surface area contributed by atoms with Crippen LogP contribution in [0.15, 0.2) is 16.3 Å². The van der Waals surface area contributed by atoms with Crippen molar-refractivity contribution in [1.29, 1.82) is 0 Å². The van der Waals surface area contributed by atoms with Gasteiger partial charge in [-0.05, 0) is 26.3 Å². The van der Waals surface area contributed by atoms with Crippen LogP contribution in [0.1, 0.15) is 26.5 Å². The van der Waals surface area contributed by atoms with Crippen molar-refractivity contribution in [3.63, 3.8) is 0 Å². The van der Waals surface area contributed by atoms with Crippen LogP contribution in [0.2, 0.25) is 0 Å². The fourth-order valence-corrected chi connectivity index (χ4v) is 5.50. The number of esters is 1. The average Bonchev–Trinajstić information content (AvgIpc) is 3.11. The van der Waals surface area contributed by atoms with Crippen molar-refractivity contribution < 1.29 is 24.2 Å². The first kappa shape index (κ1) is 21.7. The lowest BCUT2D eigenvalue weighted by Crippen LogP contribution is -2.68. The molecule has 0 radical (unpaired) electrons. The van der Waals surface area contributed by atoms with Gasteiger partial charge in [0.15, 0.2) is 0 Å². The minimum Gasteiger partial charge on any atom is -0.477 e. The summed E-state index contributed by atoms with van der Waals surface area (Å²) in [6.07, 6.45) is 0.325. The molecule has 2 atom stereocenters. The molecule has 158 valence electrons. The first-order valence-electron chi connectivity index (χ1n) is 9.03. The molecular weight excluding hydrogens is 418 g/mol. The number of amides is 1. The van der Waals surface area contributed by atoms with Gasteiger partial charge in [-0.2, -0.15) is 0 Å². The fourth-order valence-electron chi connectivity index (χ4n) is 3.14. The standard InChI is InChI=1S/C17H23N5O5S2/c1-4-27-16(26)17(2,3)5-9-12(20-21-19-9)28-6-8-7-29-14-10(18)13(23)22(14)11(8)15(24)25/h10,14H,4-7,18H2,1-3H3,(H,24,25)(H,19,20,21)/t10?,14-/m0/s1. The van der Waals surface area contributed by atoms with E-state index < -0.39 is 17.4 Å². The Hall–Kier alpha value is -2.05. The van der Waals surface area contributed by atoms with Gasteiger partial charge >= 0.3 is 11.9 Å². The van der Waals surface area contributed by atoms with E-state index in [1.54, 1.807) is 20.8 Å². The summed E-state index contributed by atoms with van der Waals surface area (Å²) in [6.45, 7) is 5.60. The number of carboxylic acids is 1. The number of fused-ring (bicyclic) bond motifs is 1. The molecule has 0 aromatic carbocycles. The van der Waals surface area contributed by atoms with Crippen LogP contribution >= 0.6 is 23.5 Å². The number of carbonyl (C=O) groups is 3. The number of nitrogens with one attached hydrogen (secondary N) is 1. The second kappa shape index (κ2) is 8.36. The molecule has 0 saturated carbocycles. The number of aromatic amines is 1. The van der Waals surface area contributed by atoms with Gasteiger partial charge in [0.2, 0.25) is 5.91 Å². The highest BCUT2D eigenvalue weighted by atomic mass is 32.2. The van der Waals surface area contributed by atoms with E-state index in [1.807, 2.05) is 0 Å². The third kappa shape index (κ3) is 4.14. The van der Waals surface area contributed by atoms with E-state index in [9.17, 15) is 19.5 Å². The Labute approximate surface area is 176 Å². The molecule has 3 rings (SSSR count). The number of aromatic nitrogens is 3. The molecular formula is C17H23N5O5S2. The van der Waals surface area contributed by atoms with Gasteiger partial charge in [0.25, 0.3) is 0 Å². The summed E-state index contributed by atoms with van der Waals surface area (Å²) >= 11 is 2.80. The number of hydrogen-bond donors (Lipinski definition) is 3. The molecule has 10 nitrogen and oxygen atoms in total. The van der Waals surface area contributed by atoms with Gasteiger partial charge in [0.1, 0.15) is 22.1 Å². The maximum Gasteiger partial charge on any atom is 0.352 e. The number of hydrogen-bond acceptors (Lipinski definition) is 9. The molecule has 29 heavy (non-hydrogen) atoms. The number of carboxylic acid groups (broad SMARTS) is 1. The summed E-state index contributed by atoms with van der Waals surface area (Å²) in [5.41, 5.74) is 6.24. The molecule has 1 saturated heterocycles. The zero-order valence-corrected chi connectivity index (χ0v) is 17.9. The molecule has 0 aliphatic carbocycles. The molecule has 1 amide bonds. The second-order valence-corrected chi connectivity index (χ2v) is 9.44. The molecule has 4 N–H and O–H groups in total. The molecule has 12 heteroatoms. The van der Waals surface area contributed by atoms with Crippen LogP contribution in [0.4, 0.5) is 0 Å². The number of carbonyl (C=O) groups excluding carboxylic acids is 2. The van der Waals surface area contributed by atoms with Crippen molar-refractivity contribution >= 4 is 41.4 Å². The molecule has 3 heterocycles. The van der Waals surface area contributed by atoms with E-state index in [2.05, 4.69) is 15.4 Å². The highest BCUT2D eigenvalue weighted by Gasteiger charge is 2.51. The van der Waals surface area contributed by atoms with Crippen molar-refractivity contribution in [3.8, 4) is 0 Å². The minimum atomic E-state index is -1.14. The van der Waals surface area contributed by atoms with Gasteiger partial charge in [-0.25, -0.2) is 4.79 Å². The monoisotopic (exact) mass is 441 g/mol. The first-order valence-corrected chi connectivity index (χ1v) is 11.1. The lowest BCUT2D eigenvalue weighted by atomic mass is 9.88. The van der Waals surface area contributed by atoms with Crippen LogP contribution < -0.4 is 5.73 Å². The molecule has 1 aromatic rings. The van der Waals surface area contributed by atoms with Crippen molar-refractivity contribution in [1.82, 2.24) is 20.3 Å². The predicted molar refractivity (Wildman–Crippen MR) is 107 cm³/mol. The molecule has 2 aliphatic heterocycles. The zero-order chi connectivity index (χ0) is 21.3. The van der Waals surface area contributed by atoms with E-state index in [0.29, 0.717) is 40.8 Å². The summed E-state index contributed by atoms with van der Waals surface area (Å²) in [5, 5.41) is 20.6. The largest absolute Gasteiger partial charge is 0.477 e. The van der Waals surface area contributed by atoms with Crippen molar-refractivity contribution in [3.05, 3.63) is 17.0 Å². The Morgan fingerprint density at radius 1 is 1.48 bits per heavy atom. The van der Waals surface area contributed by atoms with E-state index in [1.165, 1.54) is 28.4 Å². The minimum absolute atomic E-state index is 0.00817. The molecule has 0 bridgehead atoms. The number of nitrogens with zero attached hydrogens (tertiary/aromatic N) is 3. The zero-order valence-electron chi connectivity index (χ0n) is 16.3. The maximum atomic E-state index is 12.1. The topological polar surface area (TPSA) is 152 Å². The van der Waals surface area contributed by atoms with Crippen LogP contribution in [0.5, 0.6) is 0 Å². The van der Waals surface area contributed by atoms with Crippen LogP contribution in [0, 0.1) is 5.41 Å². The number of nitrogens with two attached hydrogens (primary N) is 1. The first-order chi connectivity index (χ1) is 13.7. The number of aliphatic carboxylic acids is 1. The van der Waals surface area contributed by atoms with Gasteiger partial charge in [-0.15, -0.1) is 28.6 Å². The molecule has 2 aliphatic rings. The lowest BCUT2D eigenvalue weighted by molar-refractivity contribution is -0.153. The molecule has 1 aromatic heterocycles. The Morgan fingerprint density at radius 2 is 2.21 bits per heavy atom. The number of thioether (sulfide) groups is 2. The quantitative estimate of drug-likeness (QED) is 0.297. The molecule has 0 spiro atoms. The summed E-state index contributed by atoms with van der Waals surface area (Å²) in [4.78, 5) is 37.2. The summed E-state index contributed by atoms with van der Waals surface area (Å²) in [5.74, 6) is -1.02. The highest BCUT2D eigenvalue weighted by molar-refractivity contribution is 8.01. The Kier molecular flexibility index (Phi) is 6.24. The Bertz CT molecular complexity index is 868. The van der Waals surface area contributed by atoms with Crippen LogP contribution in [0.3, 0.4) is 0 Å². The van der Waals surface area contributed by atoms with Crippen LogP contribution in [-0.4, -0.2) is 72.8 Å². The van der Waals surface area contributed by atoms with Crippen LogP contribution in [-0.2, 0) is 25.5 Å². The Morgan fingerprint density at radius 3 is 2.86 bits per heavy atom. The molecule has 1 unspecified atom stereocenters. The lowest BCUT2D eigenvalue weighted by Gasteiger charge is -2.48. The van der Waals surface area contributed by atoms with Gasteiger partial charge in [0.05, 0.1) is 17.7 Å². The summed E-state index contributed by atoms with van der Waals surface area (Å²) in [6, 6.07) is -0.655. The van der Waals surface area contributed by atoms with E-state index in [-0.39, 0.29) is 22.9 Å². The van der Waals surface area contributed by atoms with E-state index >= 15 is 0 Å². The predicted octanol–water partition coefficient (Wildman–Crippen LogP) is 0.610. The highest BCUT2D eigenvalue weighted by Crippen LogP contribution is 2.41. The number of H-pyrrole nitrogens is 1. The van der Waals surface area contributed by atoms with Gasteiger partial charge < -0.3 is 15.6 Å². The summed E-state index contributed by atoms with van der Waals surface area (Å²) in [7, 11) is 0. The third-order valence-corrected chi connectivity index (χ3v) is 7.17. The van der Waals surface area contributed by atoms with Crippen LogP contribution in [0.25, 0.3) is 0 Å². The number of ether oxygens (including phenoxy) is 1. The van der Waals surface area contributed by atoms with Gasteiger partial charge in [-0.3, -0.25) is 19.6 Å². The van der Waals surface area contributed by atoms with Crippen molar-refractivity contribution in [2.75, 3.05) is 18.1 Å². The Balaban J connectivity index is 1.74. The van der Waals surface area contributed by atoms with Crippen molar-refractivity contribution in [2.24, 2.45) is 11.1 Å². The second-order valence-electron chi connectivity index (χ2n) is 7.35. The SMILES string of the molecule is CCOC(=O)C(C)(C)Cc1nn[nH]c1SCC1=C(C(=O)O)N2C(=O)C(N)[C@@H]2SC1. The third-order valence-electron chi connectivity index (χ3n) is 4.70. The fraction of sp³-hybridized carbons (Fsp3) is 0.588. The van der Waals surface area contributed by atoms with Gasteiger partial charge in [-0.1, -0.05) is 5.21 Å². The summed E-state index contributed by atoms with van der Waals surface area (Å²) < 4.78 is 5.11. The smallest absolute Gasteiger partial charge is 0.352 e. The van der Waals surface area contributed by atoms with E-state index in [4.69, 9.17) is 10.5 Å². The van der Waals surface area contributed by atoms with Gasteiger partial charge in [0, 0.05) is 17.9 Å². The maximum absolute atomic E-state index is 12.1. The van der Waals surface area contributed by atoms with Crippen molar-refractivity contribution in [2.45, 2.75) is 43.6 Å². The van der Waals surface area contributed by atoms with E-state index in [0.717, 1.165) is 0 Å². The molecule has 1 fully saturated rings.